The lowest BCUT2D eigenvalue weighted by atomic mass is 10.2. The molecule has 2 N–H and O–H groups in total. The molecular weight excluding hydrogens is 465 g/mol. The van der Waals surface area contributed by atoms with Gasteiger partial charge in [0.25, 0.3) is 10.0 Å². The molecule has 0 fully saturated rings. The molecule has 34 heavy (non-hydrogen) atoms. The van der Waals surface area contributed by atoms with Gasteiger partial charge in [0.15, 0.2) is 5.82 Å². The number of anilines is 1. The number of nitrogens with one attached hydrogen (secondary N) is 2. The number of hydrogen-bond donors (Lipinski definition) is 2. The Morgan fingerprint density at radius 3 is 2.53 bits per heavy atom. The molecule has 0 radical (unpaired) electrons. The van der Waals surface area contributed by atoms with Gasteiger partial charge >= 0.3 is 0 Å². The van der Waals surface area contributed by atoms with Gasteiger partial charge in [-0.05, 0) is 59.8 Å². The Labute approximate surface area is 191 Å². The van der Waals surface area contributed by atoms with Crippen LogP contribution in [-0.4, -0.2) is 49.0 Å². The standard InChI is InChI=1S/C20H14FN9O3S/c21-17-7-6-15(12-16(17)20-25-28-29-26-20)34(31,32)27-13-2-4-14(5-3-13)33-19-9-8-18(23-24-19)30-11-1-10-22-30/h1-12,27H,(H,25,26,28,29). The fourth-order valence-electron chi connectivity index (χ4n) is 2.94. The number of tetrazole rings is 1. The number of benzene rings is 2. The van der Waals surface area contributed by atoms with Crippen LogP contribution in [-0.2, 0) is 10.0 Å². The molecule has 0 aliphatic heterocycles. The number of hydrogen-bond acceptors (Lipinski definition) is 9. The molecule has 5 aromatic rings. The van der Waals surface area contributed by atoms with E-state index in [2.05, 4.69) is 40.6 Å². The lowest BCUT2D eigenvalue weighted by molar-refractivity contribution is 0.454. The first-order chi connectivity index (χ1) is 16.5. The summed E-state index contributed by atoms with van der Waals surface area (Å²) >= 11 is 0. The number of aromatic nitrogens is 8. The van der Waals surface area contributed by atoms with E-state index >= 15 is 0 Å². The summed E-state index contributed by atoms with van der Waals surface area (Å²) in [5.74, 6) is 0.472. The van der Waals surface area contributed by atoms with Crippen LogP contribution in [0.2, 0.25) is 0 Å². The summed E-state index contributed by atoms with van der Waals surface area (Å²) in [4.78, 5) is -0.165. The van der Waals surface area contributed by atoms with E-state index in [1.54, 1.807) is 47.4 Å². The van der Waals surface area contributed by atoms with Crippen LogP contribution in [0, 0.1) is 5.82 Å². The fraction of sp³-hybridized carbons (Fsp3) is 0. The fourth-order valence-corrected chi connectivity index (χ4v) is 4.02. The monoisotopic (exact) mass is 479 g/mol. The Morgan fingerprint density at radius 2 is 1.85 bits per heavy atom. The molecule has 0 atom stereocenters. The molecule has 0 aliphatic carbocycles. The van der Waals surface area contributed by atoms with Gasteiger partial charge in [0.05, 0.1) is 10.5 Å². The lowest BCUT2D eigenvalue weighted by Gasteiger charge is -2.10. The second kappa shape index (κ2) is 8.67. The summed E-state index contributed by atoms with van der Waals surface area (Å²) in [7, 11) is -4.02. The van der Waals surface area contributed by atoms with Crippen LogP contribution in [0.4, 0.5) is 10.1 Å². The molecule has 0 spiro atoms. The number of aromatic amines is 1. The van der Waals surface area contributed by atoms with Crippen molar-refractivity contribution in [2.24, 2.45) is 0 Å². The van der Waals surface area contributed by atoms with Gasteiger partial charge in [0, 0.05) is 24.1 Å². The highest BCUT2D eigenvalue weighted by Gasteiger charge is 2.19. The molecule has 2 aromatic carbocycles. The minimum atomic E-state index is -4.02. The first-order valence-corrected chi connectivity index (χ1v) is 11.1. The van der Waals surface area contributed by atoms with Crippen molar-refractivity contribution in [2.45, 2.75) is 4.90 Å². The minimum Gasteiger partial charge on any atom is -0.438 e. The quantitative estimate of drug-likeness (QED) is 0.358. The van der Waals surface area contributed by atoms with E-state index < -0.39 is 15.8 Å². The molecule has 0 bridgehead atoms. The van der Waals surface area contributed by atoms with Crippen LogP contribution in [0.5, 0.6) is 11.6 Å². The predicted molar refractivity (Wildman–Crippen MR) is 116 cm³/mol. The van der Waals surface area contributed by atoms with Gasteiger partial charge in [-0.15, -0.1) is 20.4 Å². The molecule has 0 aliphatic rings. The third kappa shape index (κ3) is 4.42. The number of ether oxygens (including phenoxy) is 1. The number of H-pyrrole nitrogens is 1. The van der Waals surface area contributed by atoms with Gasteiger partial charge < -0.3 is 4.74 Å². The zero-order valence-electron chi connectivity index (χ0n) is 17.1. The summed E-state index contributed by atoms with van der Waals surface area (Å²) < 4.78 is 49.3. The molecular formula is C20H14FN9O3S. The highest BCUT2D eigenvalue weighted by atomic mass is 32.2. The maximum Gasteiger partial charge on any atom is 0.261 e. The topological polar surface area (TPSA) is 153 Å². The number of halogens is 1. The lowest BCUT2D eigenvalue weighted by Crippen LogP contribution is -2.13. The molecule has 12 nitrogen and oxygen atoms in total. The number of rotatable bonds is 7. The van der Waals surface area contributed by atoms with Gasteiger partial charge in [-0.3, -0.25) is 4.72 Å². The average molecular weight is 479 g/mol. The third-order valence-electron chi connectivity index (χ3n) is 4.53. The molecule has 170 valence electrons. The van der Waals surface area contributed by atoms with Crippen LogP contribution in [0.25, 0.3) is 17.2 Å². The van der Waals surface area contributed by atoms with E-state index in [-0.39, 0.29) is 27.9 Å². The predicted octanol–water partition coefficient (Wildman–Crippen LogP) is 2.57. The van der Waals surface area contributed by atoms with E-state index in [1.807, 2.05) is 0 Å². The Balaban J connectivity index is 1.29. The zero-order chi connectivity index (χ0) is 23.5. The van der Waals surface area contributed by atoms with E-state index in [0.717, 1.165) is 18.2 Å². The van der Waals surface area contributed by atoms with Crippen molar-refractivity contribution in [1.29, 1.82) is 0 Å². The molecule has 3 aromatic heterocycles. The summed E-state index contributed by atoms with van der Waals surface area (Å²) in [6, 6.07) is 14.6. The smallest absolute Gasteiger partial charge is 0.261 e. The molecule has 5 rings (SSSR count). The maximum absolute atomic E-state index is 14.1. The maximum atomic E-state index is 14.1. The van der Waals surface area contributed by atoms with E-state index in [0.29, 0.717) is 11.6 Å². The summed E-state index contributed by atoms with van der Waals surface area (Å²) in [6.07, 6.45) is 3.37. The summed E-state index contributed by atoms with van der Waals surface area (Å²) in [5.41, 5.74) is 0.179. The second-order valence-corrected chi connectivity index (χ2v) is 8.47. The molecule has 0 saturated carbocycles. The second-order valence-electron chi connectivity index (χ2n) is 6.79. The highest BCUT2D eigenvalue weighted by Crippen LogP contribution is 2.26. The molecule has 0 amide bonds. The SMILES string of the molecule is O=S(=O)(Nc1ccc(Oc2ccc(-n3cccn3)nn2)cc1)c1ccc(F)c(-c2nn[nH]n2)c1. The number of nitrogens with zero attached hydrogens (tertiary/aromatic N) is 7. The van der Waals surface area contributed by atoms with Crippen molar-refractivity contribution in [2.75, 3.05) is 4.72 Å². The molecule has 14 heteroatoms. The number of sulfonamides is 1. The first-order valence-electron chi connectivity index (χ1n) is 9.66. The Morgan fingerprint density at radius 1 is 1.00 bits per heavy atom. The Hall–Kier alpha value is -4.72. The zero-order valence-corrected chi connectivity index (χ0v) is 17.9. The van der Waals surface area contributed by atoms with Crippen LogP contribution < -0.4 is 9.46 Å². The minimum absolute atomic E-state index is 0.0585. The van der Waals surface area contributed by atoms with Crippen molar-refractivity contribution in [3.8, 4) is 28.8 Å². The van der Waals surface area contributed by atoms with Gasteiger partial charge in [-0.2, -0.15) is 10.3 Å². The van der Waals surface area contributed by atoms with Gasteiger partial charge in [0.2, 0.25) is 11.7 Å². The largest absolute Gasteiger partial charge is 0.438 e. The van der Waals surface area contributed by atoms with Crippen LogP contribution in [0.15, 0.2) is 78.0 Å². The van der Waals surface area contributed by atoms with Crippen molar-refractivity contribution >= 4 is 15.7 Å². The van der Waals surface area contributed by atoms with Crippen molar-refractivity contribution < 1.29 is 17.5 Å². The molecule has 3 heterocycles. The van der Waals surface area contributed by atoms with Gasteiger partial charge in [0.1, 0.15) is 11.6 Å². The van der Waals surface area contributed by atoms with Gasteiger partial charge in [-0.25, -0.2) is 17.5 Å². The van der Waals surface area contributed by atoms with Gasteiger partial charge in [-0.1, -0.05) is 0 Å². The Kier molecular flexibility index (Phi) is 5.39. The van der Waals surface area contributed by atoms with Crippen molar-refractivity contribution in [1.82, 2.24) is 40.6 Å². The average Bonchev–Trinajstić information content (AvgIpc) is 3.56. The third-order valence-corrected chi connectivity index (χ3v) is 5.91. The van der Waals surface area contributed by atoms with Crippen molar-refractivity contribution in [3.63, 3.8) is 0 Å². The van der Waals surface area contributed by atoms with Crippen LogP contribution in [0.1, 0.15) is 0 Å². The van der Waals surface area contributed by atoms with Crippen LogP contribution >= 0.6 is 0 Å². The highest BCUT2D eigenvalue weighted by molar-refractivity contribution is 7.92. The molecule has 0 saturated heterocycles. The Bertz CT molecular complexity index is 1510. The van der Waals surface area contributed by atoms with E-state index in [4.69, 9.17) is 4.74 Å². The normalized spacial score (nSPS) is 11.3. The molecule has 0 unspecified atom stereocenters. The summed E-state index contributed by atoms with van der Waals surface area (Å²) in [5, 5.41) is 25.0. The summed E-state index contributed by atoms with van der Waals surface area (Å²) in [6.45, 7) is 0. The van der Waals surface area contributed by atoms with E-state index in [9.17, 15) is 12.8 Å². The van der Waals surface area contributed by atoms with E-state index in [1.165, 1.54) is 12.1 Å². The van der Waals surface area contributed by atoms with Crippen LogP contribution in [0.3, 0.4) is 0 Å². The van der Waals surface area contributed by atoms with Crippen molar-refractivity contribution in [3.05, 3.63) is 78.9 Å². The first kappa shape index (κ1) is 21.1.